The maximum Gasteiger partial charge on any atom is 0.321 e. The lowest BCUT2D eigenvalue weighted by molar-refractivity contribution is 0.101. The van der Waals surface area contributed by atoms with Crippen molar-refractivity contribution in [2.75, 3.05) is 58.1 Å². The zero-order valence-corrected chi connectivity index (χ0v) is 51.0. The Labute approximate surface area is 520 Å². The van der Waals surface area contributed by atoms with Crippen molar-refractivity contribution >= 4 is 152 Å². The number of hydrogen-bond acceptors (Lipinski definition) is 18. The van der Waals surface area contributed by atoms with Gasteiger partial charge in [-0.1, -0.05) is 0 Å². The number of nitrogens with zero attached hydrogens (tertiary/aromatic N) is 2. The fourth-order valence-electron chi connectivity index (χ4n) is 9.18. The molecule has 0 aromatic heterocycles. The zero-order chi connectivity index (χ0) is 67.2. The SMILES string of the molecule is O=C(Nc1ccc(C(=O)Nc2cc(S(=O)(=O)O)cc3cc(S(=O)(=O)O)cc(S(=O)(=O)O)c23)cc1)c1ccc(NC(=O)N2CCN(C(=O)Nc3ccc(C(=O)Nc4ccc(C(=O)Nc5cc(S(=O)(=O)O)cc6cc(S(=O)(=O)O)cc(S(=O)(=O)O)c56)cc4)cc3)CC2)cc1. The molecule has 1 heterocycles. The maximum atomic E-state index is 13.4. The van der Waals surface area contributed by atoms with Crippen molar-refractivity contribution in [1.82, 2.24) is 9.80 Å². The molecule has 8 aromatic carbocycles. The molecule has 0 spiro atoms. The number of fused-ring (bicyclic) bond motifs is 2. The van der Waals surface area contributed by atoms with Crippen LogP contribution in [-0.4, -0.2) is 149 Å². The molecular weight excluding hydrogens is 1340 g/mol. The summed E-state index contributed by atoms with van der Waals surface area (Å²) in [5, 5.41) is 12.9. The van der Waals surface area contributed by atoms with Crippen LogP contribution in [0.15, 0.2) is 175 Å². The topological polar surface area (TPSA) is 507 Å². The number of carbonyl (C=O) groups is 6. The van der Waals surface area contributed by atoms with Gasteiger partial charge >= 0.3 is 12.1 Å². The van der Waals surface area contributed by atoms with E-state index in [1.807, 2.05) is 0 Å². The highest BCUT2D eigenvalue weighted by molar-refractivity contribution is 7.87. The van der Waals surface area contributed by atoms with Crippen LogP contribution in [0.5, 0.6) is 0 Å². The second-order valence-electron chi connectivity index (χ2n) is 19.8. The molecule has 0 bridgehead atoms. The predicted molar refractivity (Wildman–Crippen MR) is 326 cm³/mol. The van der Waals surface area contributed by atoms with Gasteiger partial charge in [0, 0.05) is 82.0 Å². The van der Waals surface area contributed by atoms with Crippen molar-refractivity contribution in [3.8, 4) is 0 Å². The predicted octanol–water partition coefficient (Wildman–Crippen LogP) is 5.86. The molecule has 1 aliphatic heterocycles. The van der Waals surface area contributed by atoms with E-state index < -0.39 is 159 Å². The van der Waals surface area contributed by atoms with E-state index in [2.05, 4.69) is 31.9 Å². The second kappa shape index (κ2) is 25.1. The number of anilines is 6. The van der Waals surface area contributed by atoms with E-state index in [9.17, 15) is 107 Å². The van der Waals surface area contributed by atoms with Gasteiger partial charge in [0.2, 0.25) is 0 Å². The summed E-state index contributed by atoms with van der Waals surface area (Å²) in [6, 6.07) is 25.1. The van der Waals surface area contributed by atoms with E-state index in [1.54, 1.807) is 0 Å². The van der Waals surface area contributed by atoms with E-state index in [0.717, 1.165) is 0 Å². The zero-order valence-electron chi connectivity index (χ0n) is 46.1. The van der Waals surface area contributed by atoms with Crippen molar-refractivity contribution < 1.29 is 107 Å². The van der Waals surface area contributed by atoms with Gasteiger partial charge in [0.15, 0.2) is 0 Å². The van der Waals surface area contributed by atoms with Gasteiger partial charge in [0.25, 0.3) is 84.3 Å². The van der Waals surface area contributed by atoms with Crippen LogP contribution in [0, 0.1) is 0 Å². The number of benzene rings is 8. The van der Waals surface area contributed by atoms with Gasteiger partial charge < -0.3 is 41.7 Å². The Balaban J connectivity index is 0.741. The van der Waals surface area contributed by atoms with Gasteiger partial charge in [-0.25, -0.2) is 9.59 Å². The van der Waals surface area contributed by atoms with Crippen LogP contribution in [0.25, 0.3) is 21.5 Å². The minimum absolute atomic E-state index is 0.126. The smallest absolute Gasteiger partial charge is 0.321 e. The molecule has 0 saturated carbocycles. The van der Waals surface area contributed by atoms with Crippen LogP contribution in [0.3, 0.4) is 0 Å². The second-order valence-corrected chi connectivity index (χ2v) is 28.3. The highest BCUT2D eigenvalue weighted by Crippen LogP contribution is 2.38. The van der Waals surface area contributed by atoms with Crippen LogP contribution < -0.4 is 31.9 Å². The summed E-state index contributed by atoms with van der Waals surface area (Å²) in [5.41, 5.74) is -0.304. The lowest BCUT2D eigenvalue weighted by Gasteiger charge is -2.34. The summed E-state index contributed by atoms with van der Waals surface area (Å²) < 4.78 is 204. The molecule has 8 aromatic rings. The third-order valence-corrected chi connectivity index (χ3v) is 18.7. The van der Waals surface area contributed by atoms with E-state index in [4.69, 9.17) is 0 Å². The Bertz CT molecular complexity index is 4820. The summed E-state index contributed by atoms with van der Waals surface area (Å²) in [6.45, 7) is 0.505. The van der Waals surface area contributed by atoms with E-state index >= 15 is 0 Å². The van der Waals surface area contributed by atoms with E-state index in [1.165, 1.54) is 107 Å². The molecule has 0 unspecified atom stereocenters. The number of carbonyl (C=O) groups excluding carboxylic acids is 6. The van der Waals surface area contributed by atoms with Crippen LogP contribution in [0.1, 0.15) is 41.4 Å². The Kier molecular flexibility index (Phi) is 18.2. The molecule has 12 N–H and O–H groups in total. The number of urea groups is 2. The minimum Gasteiger partial charge on any atom is -0.322 e. The molecule has 1 fully saturated rings. The Morgan fingerprint density at radius 3 is 0.761 bits per heavy atom. The van der Waals surface area contributed by atoms with Crippen molar-refractivity contribution in [3.63, 3.8) is 0 Å². The molecule has 8 amide bonds. The van der Waals surface area contributed by atoms with Crippen molar-refractivity contribution in [2.24, 2.45) is 0 Å². The summed E-state index contributed by atoms with van der Waals surface area (Å²) in [7, 11) is -31.1. The molecule has 32 nitrogen and oxygen atoms in total. The summed E-state index contributed by atoms with van der Waals surface area (Å²) in [4.78, 5) is 76.1. The Morgan fingerprint density at radius 1 is 0.293 bits per heavy atom. The van der Waals surface area contributed by atoms with Crippen molar-refractivity contribution in [3.05, 3.63) is 168 Å². The minimum atomic E-state index is -5.32. The average Bonchev–Trinajstić information content (AvgIpc) is 0.755. The third kappa shape index (κ3) is 15.5. The lowest BCUT2D eigenvalue weighted by atomic mass is 10.1. The third-order valence-electron chi connectivity index (χ3n) is 13.6. The molecule has 480 valence electrons. The Morgan fingerprint density at radius 2 is 0.522 bits per heavy atom. The molecule has 0 radical (unpaired) electrons. The highest BCUT2D eigenvalue weighted by atomic mass is 32.2. The first-order valence-electron chi connectivity index (χ1n) is 25.7. The number of piperazine rings is 1. The largest absolute Gasteiger partial charge is 0.322 e. The normalized spacial score (nSPS) is 13.2. The first-order chi connectivity index (χ1) is 42.8. The first kappa shape index (κ1) is 66.6. The number of rotatable bonds is 16. The molecule has 9 rings (SSSR count). The molecule has 1 saturated heterocycles. The fourth-order valence-corrected chi connectivity index (χ4v) is 13.0. The number of amides is 8. The summed E-state index contributed by atoms with van der Waals surface area (Å²) >= 11 is 0. The summed E-state index contributed by atoms with van der Waals surface area (Å²) in [5.74, 6) is -3.26. The maximum absolute atomic E-state index is 13.4. The van der Waals surface area contributed by atoms with Gasteiger partial charge in [-0.15, -0.1) is 0 Å². The van der Waals surface area contributed by atoms with Crippen molar-refractivity contribution in [1.29, 1.82) is 0 Å². The number of hydrogen-bond donors (Lipinski definition) is 12. The molecule has 1 aliphatic rings. The van der Waals surface area contributed by atoms with Gasteiger partial charge in [-0.3, -0.25) is 46.5 Å². The molecule has 0 aliphatic carbocycles. The molecular formula is C54H44N8O24S6. The number of nitrogens with one attached hydrogen (secondary N) is 6. The fraction of sp³-hybridized carbons (Fsp3) is 0.0741. The standard InChI is InChI=1S/C54H44N8O24S6/c63-49(55-35-9-1-31(2-10-35)51(65)59-43-25-39(87(69,70)71)21-33-23-41(89(75,76)77)27-45(47(33)43)91(81,82)83)29-5-13-37(14-6-29)57-53(67)61-17-19-62(20-18-61)54(68)58-38-15-7-30(8-16-38)50(64)56-36-11-3-32(4-12-36)52(66)60-44-26-40(88(72,73)74)22-34-24-42(90(78,79)80)28-46(48(34)44)92(84,85)86/h1-16,21-28H,17-20H2,(H,55,63)(H,56,64)(H,57,67)(H,58,68)(H,59,65)(H,60,66)(H,69,70,71)(H,72,73,74)(H,75,76,77)(H,78,79,80)(H,81,82,83)(H,84,85,86). The van der Waals surface area contributed by atoms with Crippen LogP contribution in [0.4, 0.5) is 43.7 Å². The lowest BCUT2D eigenvalue weighted by Crippen LogP contribution is -2.52. The van der Waals surface area contributed by atoms with Crippen molar-refractivity contribution in [2.45, 2.75) is 29.4 Å². The average molecular weight is 1380 g/mol. The molecule has 38 heteroatoms. The van der Waals surface area contributed by atoms with Crippen LogP contribution in [-0.2, 0) is 60.7 Å². The molecule has 92 heavy (non-hydrogen) atoms. The van der Waals surface area contributed by atoms with E-state index in [0.29, 0.717) is 59.9 Å². The van der Waals surface area contributed by atoms with Crippen LogP contribution >= 0.6 is 0 Å². The van der Waals surface area contributed by atoms with Gasteiger partial charge in [0.1, 0.15) is 9.79 Å². The summed E-state index contributed by atoms with van der Waals surface area (Å²) in [6.07, 6.45) is 0. The van der Waals surface area contributed by atoms with Gasteiger partial charge in [0.05, 0.1) is 31.0 Å². The van der Waals surface area contributed by atoms with Gasteiger partial charge in [-0.05, 0) is 156 Å². The first-order valence-corrected chi connectivity index (χ1v) is 34.3. The van der Waals surface area contributed by atoms with E-state index in [-0.39, 0.29) is 59.8 Å². The Hall–Kier alpha value is -9.84. The monoisotopic (exact) mass is 1380 g/mol. The quantitative estimate of drug-likeness (QED) is 0.0504. The molecule has 0 atom stereocenters. The van der Waals surface area contributed by atoms with Gasteiger partial charge in [-0.2, -0.15) is 50.5 Å². The van der Waals surface area contributed by atoms with Crippen LogP contribution in [0.2, 0.25) is 0 Å². The highest BCUT2D eigenvalue weighted by Gasteiger charge is 2.29.